The maximum Gasteiger partial charge on any atom is 0.338 e. The number of ketones is 1. The van der Waals surface area contributed by atoms with Crippen molar-refractivity contribution in [3.8, 4) is 0 Å². The molecule has 0 aliphatic carbocycles. The Balaban J connectivity index is 2.06. The highest BCUT2D eigenvalue weighted by Gasteiger charge is 2.12. The summed E-state index contributed by atoms with van der Waals surface area (Å²) in [6.07, 6.45) is 0. The lowest BCUT2D eigenvalue weighted by Crippen LogP contribution is -2.11. The summed E-state index contributed by atoms with van der Waals surface area (Å²) in [4.78, 5) is 41.0. The summed E-state index contributed by atoms with van der Waals surface area (Å²) in [7, 11) is 0. The van der Waals surface area contributed by atoms with Crippen LogP contribution in [0.25, 0.3) is 0 Å². The molecule has 8 heteroatoms. The summed E-state index contributed by atoms with van der Waals surface area (Å²) in [5.41, 5.74) is 0.881. The van der Waals surface area contributed by atoms with Crippen molar-refractivity contribution in [3.05, 3.63) is 59.7 Å². The SMILES string of the molecule is CC(=O)ON=C(C)C(=O)c1ccc(Sc2cccc(C(=O)OCCO)c2)cc1. The molecule has 7 nitrogen and oxygen atoms in total. The summed E-state index contributed by atoms with van der Waals surface area (Å²) in [5.74, 6) is -1.44. The van der Waals surface area contributed by atoms with Crippen molar-refractivity contribution in [1.29, 1.82) is 0 Å². The highest BCUT2D eigenvalue weighted by molar-refractivity contribution is 7.99. The van der Waals surface area contributed by atoms with Gasteiger partial charge in [0.15, 0.2) is 0 Å². The first-order valence-corrected chi connectivity index (χ1v) is 9.15. The van der Waals surface area contributed by atoms with E-state index in [4.69, 9.17) is 9.84 Å². The van der Waals surface area contributed by atoms with Crippen molar-refractivity contribution < 1.29 is 29.1 Å². The van der Waals surface area contributed by atoms with Crippen molar-refractivity contribution in [2.75, 3.05) is 13.2 Å². The fraction of sp³-hybridized carbons (Fsp3) is 0.200. The van der Waals surface area contributed by atoms with Crippen molar-refractivity contribution >= 4 is 35.2 Å². The van der Waals surface area contributed by atoms with Gasteiger partial charge in [0, 0.05) is 22.3 Å². The van der Waals surface area contributed by atoms with E-state index in [-0.39, 0.29) is 24.7 Å². The summed E-state index contributed by atoms with van der Waals surface area (Å²) in [6, 6.07) is 13.8. The van der Waals surface area contributed by atoms with E-state index in [0.29, 0.717) is 11.1 Å². The van der Waals surface area contributed by atoms with Gasteiger partial charge >= 0.3 is 11.9 Å². The van der Waals surface area contributed by atoms with Crippen LogP contribution in [0, 0.1) is 0 Å². The van der Waals surface area contributed by atoms with Gasteiger partial charge in [-0.1, -0.05) is 23.0 Å². The minimum atomic E-state index is -0.596. The van der Waals surface area contributed by atoms with E-state index in [1.165, 1.54) is 25.6 Å². The molecule has 0 heterocycles. The quantitative estimate of drug-likeness (QED) is 0.238. The van der Waals surface area contributed by atoms with Gasteiger partial charge in [0.25, 0.3) is 0 Å². The summed E-state index contributed by atoms with van der Waals surface area (Å²) in [6.45, 7) is 2.39. The maximum atomic E-state index is 12.2. The number of ether oxygens (including phenoxy) is 1. The number of esters is 1. The second-order valence-electron chi connectivity index (χ2n) is 5.60. The van der Waals surface area contributed by atoms with Gasteiger partial charge in [0.2, 0.25) is 5.78 Å². The van der Waals surface area contributed by atoms with Gasteiger partial charge in [-0.25, -0.2) is 9.59 Å². The monoisotopic (exact) mass is 401 g/mol. The molecule has 0 fully saturated rings. The van der Waals surface area contributed by atoms with Crippen molar-refractivity contribution in [3.63, 3.8) is 0 Å². The number of hydrogen-bond donors (Lipinski definition) is 1. The van der Waals surface area contributed by atoms with Gasteiger partial charge in [-0.15, -0.1) is 0 Å². The molecule has 0 aliphatic rings. The third-order valence-corrected chi connectivity index (χ3v) is 4.38. The van der Waals surface area contributed by atoms with E-state index in [0.717, 1.165) is 9.79 Å². The van der Waals surface area contributed by atoms with Crippen molar-refractivity contribution in [2.45, 2.75) is 23.6 Å². The fourth-order valence-electron chi connectivity index (χ4n) is 2.10. The fourth-order valence-corrected chi connectivity index (χ4v) is 2.98. The second-order valence-corrected chi connectivity index (χ2v) is 6.75. The van der Waals surface area contributed by atoms with Gasteiger partial charge in [-0.3, -0.25) is 4.79 Å². The van der Waals surface area contributed by atoms with Gasteiger partial charge in [0.05, 0.1) is 12.2 Å². The van der Waals surface area contributed by atoms with Crippen LogP contribution in [-0.2, 0) is 14.4 Å². The lowest BCUT2D eigenvalue weighted by Gasteiger charge is -2.06. The normalized spacial score (nSPS) is 11.0. The molecule has 0 bridgehead atoms. The van der Waals surface area contributed by atoms with Crippen molar-refractivity contribution in [1.82, 2.24) is 0 Å². The smallest absolute Gasteiger partial charge is 0.338 e. The van der Waals surface area contributed by atoms with E-state index >= 15 is 0 Å². The zero-order chi connectivity index (χ0) is 20.5. The summed E-state index contributed by atoms with van der Waals surface area (Å²) in [5, 5.41) is 12.2. The van der Waals surface area contributed by atoms with E-state index < -0.39 is 11.9 Å². The standard InChI is InChI=1S/C20H19NO6S/c1-13(21-27-14(2)23)19(24)15-6-8-17(9-7-15)28-18-5-3-4-16(12-18)20(25)26-11-10-22/h3-9,12,22H,10-11H2,1-2H3. The Labute approximate surface area is 166 Å². The Morgan fingerprint density at radius 1 is 1.00 bits per heavy atom. The van der Waals surface area contributed by atoms with Crippen LogP contribution in [0.1, 0.15) is 34.6 Å². The number of hydrogen-bond acceptors (Lipinski definition) is 8. The molecule has 0 amide bonds. The molecular formula is C20H19NO6S. The Morgan fingerprint density at radius 2 is 1.71 bits per heavy atom. The number of carbonyl (C=O) groups excluding carboxylic acids is 3. The molecule has 0 radical (unpaired) electrons. The average molecular weight is 401 g/mol. The van der Waals surface area contributed by atoms with Crippen LogP contribution in [-0.4, -0.2) is 41.8 Å². The first-order chi connectivity index (χ1) is 13.4. The zero-order valence-electron chi connectivity index (χ0n) is 15.4. The Morgan fingerprint density at radius 3 is 2.36 bits per heavy atom. The molecule has 0 aromatic heterocycles. The number of rotatable bonds is 8. The largest absolute Gasteiger partial charge is 0.460 e. The molecule has 0 unspecified atom stereocenters. The number of carbonyl (C=O) groups is 3. The minimum absolute atomic E-state index is 0.0497. The van der Waals surface area contributed by atoms with Gasteiger partial charge in [-0.05, 0) is 49.4 Å². The average Bonchev–Trinajstić information content (AvgIpc) is 2.70. The number of oxime groups is 1. The van der Waals surface area contributed by atoms with Crippen LogP contribution in [0.15, 0.2) is 63.5 Å². The molecule has 0 saturated carbocycles. The molecule has 0 atom stereocenters. The van der Waals surface area contributed by atoms with E-state index in [1.54, 1.807) is 42.5 Å². The number of benzene rings is 2. The Kier molecular flexibility index (Phi) is 7.91. The molecule has 28 heavy (non-hydrogen) atoms. The lowest BCUT2D eigenvalue weighted by molar-refractivity contribution is -0.140. The molecular weight excluding hydrogens is 382 g/mol. The van der Waals surface area contributed by atoms with Crippen molar-refractivity contribution in [2.24, 2.45) is 5.16 Å². The number of aliphatic hydroxyl groups is 1. The Bertz CT molecular complexity index is 892. The number of nitrogens with zero attached hydrogens (tertiary/aromatic N) is 1. The van der Waals surface area contributed by atoms with Crippen LogP contribution in [0.3, 0.4) is 0 Å². The zero-order valence-corrected chi connectivity index (χ0v) is 16.2. The molecule has 0 aliphatic heterocycles. The molecule has 2 aromatic rings. The molecule has 2 rings (SSSR count). The minimum Gasteiger partial charge on any atom is -0.460 e. The lowest BCUT2D eigenvalue weighted by atomic mass is 10.1. The summed E-state index contributed by atoms with van der Waals surface area (Å²) < 4.78 is 4.90. The topological polar surface area (TPSA) is 102 Å². The highest BCUT2D eigenvalue weighted by atomic mass is 32.2. The molecule has 146 valence electrons. The molecule has 0 saturated heterocycles. The maximum absolute atomic E-state index is 12.2. The predicted molar refractivity (Wildman–Crippen MR) is 104 cm³/mol. The van der Waals surface area contributed by atoms with Gasteiger partial charge in [-0.2, -0.15) is 0 Å². The van der Waals surface area contributed by atoms with Crippen LogP contribution in [0.5, 0.6) is 0 Å². The third-order valence-electron chi connectivity index (χ3n) is 3.39. The molecule has 1 N–H and O–H groups in total. The predicted octanol–water partition coefficient (Wildman–Crippen LogP) is 3.11. The Hall–Kier alpha value is -2.97. The first-order valence-electron chi connectivity index (χ1n) is 8.33. The first kappa shape index (κ1) is 21.3. The van der Waals surface area contributed by atoms with Crippen LogP contribution >= 0.6 is 11.8 Å². The van der Waals surface area contributed by atoms with E-state index in [1.807, 2.05) is 6.07 Å². The highest BCUT2D eigenvalue weighted by Crippen LogP contribution is 2.28. The number of Topliss-reactive ketones (excluding diaryl/α,β-unsaturated/α-hetero) is 1. The van der Waals surface area contributed by atoms with Crippen LogP contribution in [0.4, 0.5) is 0 Å². The molecule has 2 aromatic carbocycles. The summed E-state index contributed by atoms with van der Waals surface area (Å²) >= 11 is 1.42. The van der Waals surface area contributed by atoms with Gasteiger partial charge in [0.1, 0.15) is 12.3 Å². The second kappa shape index (κ2) is 10.4. The van der Waals surface area contributed by atoms with E-state index in [2.05, 4.69) is 9.99 Å². The third kappa shape index (κ3) is 6.33. The number of aliphatic hydroxyl groups excluding tert-OH is 1. The molecule has 0 spiro atoms. The van der Waals surface area contributed by atoms with Crippen LogP contribution in [0.2, 0.25) is 0 Å². The van der Waals surface area contributed by atoms with E-state index in [9.17, 15) is 14.4 Å². The van der Waals surface area contributed by atoms with Gasteiger partial charge < -0.3 is 14.7 Å². The van der Waals surface area contributed by atoms with Crippen LogP contribution < -0.4 is 0 Å².